The Bertz CT molecular complexity index is 722. The number of aromatic nitrogens is 1. The molecule has 0 radical (unpaired) electrons. The lowest BCUT2D eigenvalue weighted by atomic mass is 9.84. The SMILES string of the molecule is Cc1nc(-c2ccccc2)sc1[C@H](C)NC(=O)C[C@@H](C)C1CCNCC1. The van der Waals surface area contributed by atoms with Gasteiger partial charge in [0.2, 0.25) is 5.91 Å². The molecule has 2 aromatic rings. The number of piperidine rings is 1. The Labute approximate surface area is 160 Å². The van der Waals surface area contributed by atoms with E-state index in [1.165, 1.54) is 12.8 Å². The van der Waals surface area contributed by atoms with Gasteiger partial charge in [-0.1, -0.05) is 37.3 Å². The molecule has 1 aliphatic rings. The standard InChI is InChI=1S/C21H29N3OS/c1-14(17-9-11-22-12-10-17)13-19(25)23-15(2)20-16(3)24-21(26-20)18-7-5-4-6-8-18/h4-8,14-15,17,22H,9-13H2,1-3H3,(H,23,25)/t14-,15+/m1/s1. The number of hydrogen-bond acceptors (Lipinski definition) is 4. The van der Waals surface area contributed by atoms with Crippen LogP contribution in [0.3, 0.4) is 0 Å². The van der Waals surface area contributed by atoms with Crippen molar-refractivity contribution in [3.05, 3.63) is 40.9 Å². The largest absolute Gasteiger partial charge is 0.349 e. The fourth-order valence-electron chi connectivity index (χ4n) is 3.75. The van der Waals surface area contributed by atoms with E-state index >= 15 is 0 Å². The van der Waals surface area contributed by atoms with Crippen molar-refractivity contribution in [2.24, 2.45) is 11.8 Å². The van der Waals surface area contributed by atoms with Crippen molar-refractivity contribution in [2.75, 3.05) is 13.1 Å². The van der Waals surface area contributed by atoms with Crippen molar-refractivity contribution < 1.29 is 4.79 Å². The van der Waals surface area contributed by atoms with Crippen LogP contribution >= 0.6 is 11.3 Å². The first-order chi connectivity index (χ1) is 12.5. The van der Waals surface area contributed by atoms with Gasteiger partial charge >= 0.3 is 0 Å². The monoisotopic (exact) mass is 371 g/mol. The molecule has 1 amide bonds. The number of amides is 1. The molecule has 2 heterocycles. The second kappa shape index (κ2) is 8.78. The lowest BCUT2D eigenvalue weighted by Crippen LogP contribution is -2.34. The molecule has 0 unspecified atom stereocenters. The van der Waals surface area contributed by atoms with E-state index < -0.39 is 0 Å². The molecule has 26 heavy (non-hydrogen) atoms. The van der Waals surface area contributed by atoms with Gasteiger partial charge in [0.05, 0.1) is 16.6 Å². The Balaban J connectivity index is 1.60. The minimum Gasteiger partial charge on any atom is -0.349 e. The highest BCUT2D eigenvalue weighted by Gasteiger charge is 2.23. The van der Waals surface area contributed by atoms with Gasteiger partial charge in [-0.25, -0.2) is 4.98 Å². The molecule has 140 valence electrons. The van der Waals surface area contributed by atoms with Crippen LogP contribution in [0, 0.1) is 18.8 Å². The molecule has 1 aromatic heterocycles. The topological polar surface area (TPSA) is 54.0 Å². The van der Waals surface area contributed by atoms with Crippen LogP contribution in [0.25, 0.3) is 10.6 Å². The molecule has 1 saturated heterocycles. The van der Waals surface area contributed by atoms with Crippen molar-refractivity contribution in [2.45, 2.75) is 46.1 Å². The summed E-state index contributed by atoms with van der Waals surface area (Å²) >= 11 is 1.68. The van der Waals surface area contributed by atoms with Crippen LogP contribution in [0.1, 0.15) is 49.7 Å². The summed E-state index contributed by atoms with van der Waals surface area (Å²) in [7, 11) is 0. The third-order valence-corrected chi connectivity index (χ3v) is 6.71. The number of aryl methyl sites for hydroxylation is 1. The average Bonchev–Trinajstić information content (AvgIpc) is 3.05. The summed E-state index contributed by atoms with van der Waals surface area (Å²) in [6.07, 6.45) is 2.97. The van der Waals surface area contributed by atoms with Gasteiger partial charge < -0.3 is 10.6 Å². The molecule has 0 bridgehead atoms. The second-order valence-electron chi connectivity index (χ2n) is 7.39. The van der Waals surface area contributed by atoms with E-state index in [1.807, 2.05) is 25.1 Å². The van der Waals surface area contributed by atoms with Crippen LogP contribution in [-0.4, -0.2) is 24.0 Å². The van der Waals surface area contributed by atoms with Crippen LogP contribution in [0.5, 0.6) is 0 Å². The fraction of sp³-hybridized carbons (Fsp3) is 0.524. The van der Waals surface area contributed by atoms with E-state index in [9.17, 15) is 4.79 Å². The number of benzene rings is 1. The predicted octanol–water partition coefficient (Wildman–Crippen LogP) is 4.32. The van der Waals surface area contributed by atoms with Gasteiger partial charge in [0, 0.05) is 12.0 Å². The maximum atomic E-state index is 12.5. The van der Waals surface area contributed by atoms with E-state index in [1.54, 1.807) is 11.3 Å². The third kappa shape index (κ3) is 4.71. The van der Waals surface area contributed by atoms with Gasteiger partial charge in [-0.15, -0.1) is 11.3 Å². The highest BCUT2D eigenvalue weighted by atomic mass is 32.1. The molecule has 3 rings (SSSR count). The molecular formula is C21H29N3OS. The highest BCUT2D eigenvalue weighted by molar-refractivity contribution is 7.15. The summed E-state index contributed by atoms with van der Waals surface area (Å²) in [6, 6.07) is 10.2. The first-order valence-electron chi connectivity index (χ1n) is 9.57. The molecule has 5 heteroatoms. The van der Waals surface area contributed by atoms with Gasteiger partial charge in [0.15, 0.2) is 0 Å². The Morgan fingerprint density at radius 1 is 1.27 bits per heavy atom. The number of hydrogen-bond donors (Lipinski definition) is 2. The molecule has 2 N–H and O–H groups in total. The molecule has 0 aliphatic carbocycles. The number of carbonyl (C=O) groups is 1. The smallest absolute Gasteiger partial charge is 0.220 e. The lowest BCUT2D eigenvalue weighted by molar-refractivity contribution is -0.123. The van der Waals surface area contributed by atoms with Crippen molar-refractivity contribution in [3.8, 4) is 10.6 Å². The van der Waals surface area contributed by atoms with Gasteiger partial charge in [-0.3, -0.25) is 4.79 Å². The van der Waals surface area contributed by atoms with Crippen molar-refractivity contribution in [1.29, 1.82) is 0 Å². The van der Waals surface area contributed by atoms with E-state index in [0.717, 1.165) is 34.2 Å². The van der Waals surface area contributed by atoms with Crippen molar-refractivity contribution >= 4 is 17.2 Å². The van der Waals surface area contributed by atoms with Gasteiger partial charge in [0.1, 0.15) is 5.01 Å². The van der Waals surface area contributed by atoms with Gasteiger partial charge in [-0.05, 0) is 51.6 Å². The Kier molecular flexibility index (Phi) is 6.43. The molecule has 0 saturated carbocycles. The fourth-order valence-corrected chi connectivity index (χ4v) is 4.83. The number of nitrogens with zero attached hydrogens (tertiary/aromatic N) is 1. The summed E-state index contributed by atoms with van der Waals surface area (Å²) in [5, 5.41) is 7.60. The molecule has 1 fully saturated rings. The number of carbonyl (C=O) groups excluding carboxylic acids is 1. The quantitative estimate of drug-likeness (QED) is 0.795. The number of rotatable bonds is 6. The molecule has 0 spiro atoms. The third-order valence-electron chi connectivity index (χ3n) is 5.32. The maximum Gasteiger partial charge on any atom is 0.220 e. The van der Waals surface area contributed by atoms with Crippen molar-refractivity contribution in [3.63, 3.8) is 0 Å². The number of thiazole rings is 1. The summed E-state index contributed by atoms with van der Waals surface area (Å²) in [5.41, 5.74) is 2.14. The summed E-state index contributed by atoms with van der Waals surface area (Å²) < 4.78 is 0. The summed E-state index contributed by atoms with van der Waals surface area (Å²) in [6.45, 7) is 8.46. The first-order valence-corrected chi connectivity index (χ1v) is 10.4. The normalized spacial score (nSPS) is 17.7. The Hall–Kier alpha value is -1.72. The molecule has 2 atom stereocenters. The van der Waals surface area contributed by atoms with E-state index in [2.05, 4.69) is 36.6 Å². The summed E-state index contributed by atoms with van der Waals surface area (Å²) in [5.74, 6) is 1.25. The zero-order chi connectivity index (χ0) is 18.5. The van der Waals surface area contributed by atoms with Crippen LogP contribution in [-0.2, 0) is 4.79 Å². The Morgan fingerprint density at radius 3 is 2.65 bits per heavy atom. The highest BCUT2D eigenvalue weighted by Crippen LogP contribution is 2.32. The molecular weight excluding hydrogens is 342 g/mol. The van der Waals surface area contributed by atoms with Crippen LogP contribution < -0.4 is 10.6 Å². The van der Waals surface area contributed by atoms with E-state index in [-0.39, 0.29) is 11.9 Å². The second-order valence-corrected chi connectivity index (χ2v) is 8.42. The minimum absolute atomic E-state index is 0.00214. The van der Waals surface area contributed by atoms with Crippen LogP contribution in [0.4, 0.5) is 0 Å². The average molecular weight is 372 g/mol. The molecule has 1 aromatic carbocycles. The minimum atomic E-state index is -0.00214. The van der Waals surface area contributed by atoms with Crippen molar-refractivity contribution in [1.82, 2.24) is 15.6 Å². The van der Waals surface area contributed by atoms with Gasteiger partial charge in [0.25, 0.3) is 0 Å². The predicted molar refractivity (Wildman–Crippen MR) is 108 cm³/mol. The van der Waals surface area contributed by atoms with E-state index in [0.29, 0.717) is 18.3 Å². The molecule has 4 nitrogen and oxygen atoms in total. The molecule has 1 aliphatic heterocycles. The lowest BCUT2D eigenvalue weighted by Gasteiger charge is -2.28. The van der Waals surface area contributed by atoms with E-state index in [4.69, 9.17) is 4.98 Å². The Morgan fingerprint density at radius 2 is 1.96 bits per heavy atom. The number of nitrogens with one attached hydrogen (secondary N) is 2. The summed E-state index contributed by atoms with van der Waals surface area (Å²) in [4.78, 5) is 18.4. The van der Waals surface area contributed by atoms with Crippen LogP contribution in [0.2, 0.25) is 0 Å². The van der Waals surface area contributed by atoms with Gasteiger partial charge in [-0.2, -0.15) is 0 Å². The maximum absolute atomic E-state index is 12.5. The zero-order valence-electron chi connectivity index (χ0n) is 15.9. The van der Waals surface area contributed by atoms with Crippen LogP contribution in [0.15, 0.2) is 30.3 Å². The zero-order valence-corrected chi connectivity index (χ0v) is 16.7. The first kappa shape index (κ1) is 19.1.